The van der Waals surface area contributed by atoms with Crippen molar-refractivity contribution >= 4 is 0 Å². The standard InChI is InChI=1S/C7H14O.C2H6/c1-4-7(2)5-6-8-3;1-2/h2,4-6H2,1,3H3;1-2H3. The highest BCUT2D eigenvalue weighted by molar-refractivity contribution is 4.91. The van der Waals surface area contributed by atoms with Crippen LogP contribution in [0.15, 0.2) is 12.2 Å². The van der Waals surface area contributed by atoms with Crippen molar-refractivity contribution in [3.05, 3.63) is 12.2 Å². The molecule has 0 fully saturated rings. The van der Waals surface area contributed by atoms with Crippen LogP contribution in [0.25, 0.3) is 0 Å². The summed E-state index contributed by atoms with van der Waals surface area (Å²) in [6.45, 7) is 10.8. The number of ether oxygens (including phenoxy) is 1. The average Bonchev–Trinajstić information content (AvgIpc) is 2.04. The Balaban J connectivity index is 0. The van der Waals surface area contributed by atoms with Crippen molar-refractivity contribution in [2.24, 2.45) is 0 Å². The fourth-order valence-electron chi connectivity index (χ4n) is 0.423. The third kappa shape index (κ3) is 10.6. The summed E-state index contributed by atoms with van der Waals surface area (Å²) in [5.41, 5.74) is 1.27. The molecule has 0 bridgehead atoms. The van der Waals surface area contributed by atoms with Crippen LogP contribution in [0.4, 0.5) is 0 Å². The molecule has 0 N–H and O–H groups in total. The molecule has 0 atom stereocenters. The minimum Gasteiger partial charge on any atom is -0.384 e. The zero-order chi connectivity index (χ0) is 8.41. The largest absolute Gasteiger partial charge is 0.384 e. The lowest BCUT2D eigenvalue weighted by atomic mass is 10.2. The molecule has 0 aliphatic heterocycles. The highest BCUT2D eigenvalue weighted by atomic mass is 16.5. The number of methoxy groups -OCH3 is 1. The van der Waals surface area contributed by atoms with Crippen molar-refractivity contribution in [3.63, 3.8) is 0 Å². The second kappa shape index (κ2) is 11.5. The summed E-state index contributed by atoms with van der Waals surface area (Å²) in [5, 5.41) is 0. The molecule has 0 amide bonds. The lowest BCUT2D eigenvalue weighted by Gasteiger charge is -1.98. The van der Waals surface area contributed by atoms with Crippen LogP contribution in [0.3, 0.4) is 0 Å². The summed E-state index contributed by atoms with van der Waals surface area (Å²) in [6, 6.07) is 0. The molecule has 0 unspecified atom stereocenters. The van der Waals surface area contributed by atoms with E-state index in [1.165, 1.54) is 5.57 Å². The molecule has 0 radical (unpaired) electrons. The van der Waals surface area contributed by atoms with Gasteiger partial charge in [0.15, 0.2) is 0 Å². The number of rotatable bonds is 4. The van der Waals surface area contributed by atoms with Crippen LogP contribution < -0.4 is 0 Å². The van der Waals surface area contributed by atoms with Gasteiger partial charge >= 0.3 is 0 Å². The summed E-state index contributed by atoms with van der Waals surface area (Å²) in [5.74, 6) is 0. The molecule has 0 spiro atoms. The molecule has 0 aromatic rings. The Bertz CT molecular complexity index is 67.1. The van der Waals surface area contributed by atoms with Gasteiger partial charge in [-0.15, -0.1) is 0 Å². The van der Waals surface area contributed by atoms with Gasteiger partial charge in [-0.1, -0.05) is 32.9 Å². The van der Waals surface area contributed by atoms with E-state index in [1.807, 2.05) is 13.8 Å². The Hall–Kier alpha value is -0.300. The van der Waals surface area contributed by atoms with Crippen molar-refractivity contribution in [1.82, 2.24) is 0 Å². The Kier molecular flexibility index (Phi) is 14.2. The molecule has 0 aliphatic carbocycles. The van der Waals surface area contributed by atoms with Gasteiger partial charge in [-0.25, -0.2) is 0 Å². The maximum atomic E-state index is 4.85. The van der Waals surface area contributed by atoms with Gasteiger partial charge in [0.05, 0.1) is 0 Å². The first kappa shape index (κ1) is 12.4. The molecular formula is C9H20O. The molecule has 0 aromatic heterocycles. The van der Waals surface area contributed by atoms with E-state index in [4.69, 9.17) is 4.74 Å². The first-order valence-electron chi connectivity index (χ1n) is 3.96. The Morgan fingerprint density at radius 2 is 1.90 bits per heavy atom. The van der Waals surface area contributed by atoms with Crippen LogP contribution in [-0.4, -0.2) is 13.7 Å². The van der Waals surface area contributed by atoms with Gasteiger partial charge in [-0.2, -0.15) is 0 Å². The van der Waals surface area contributed by atoms with E-state index in [9.17, 15) is 0 Å². The second-order valence-electron chi connectivity index (χ2n) is 1.85. The summed E-state index contributed by atoms with van der Waals surface area (Å²) < 4.78 is 4.85. The fourth-order valence-corrected chi connectivity index (χ4v) is 0.423. The minimum atomic E-state index is 0.812. The molecule has 0 saturated carbocycles. The topological polar surface area (TPSA) is 9.23 Å². The van der Waals surface area contributed by atoms with Gasteiger partial charge in [0.25, 0.3) is 0 Å². The maximum absolute atomic E-state index is 4.85. The maximum Gasteiger partial charge on any atom is 0.0499 e. The van der Waals surface area contributed by atoms with Gasteiger partial charge in [0.2, 0.25) is 0 Å². The summed E-state index contributed by atoms with van der Waals surface area (Å²) in [7, 11) is 1.71. The van der Waals surface area contributed by atoms with Gasteiger partial charge in [0, 0.05) is 13.7 Å². The first-order chi connectivity index (χ1) is 4.81. The van der Waals surface area contributed by atoms with Crippen LogP contribution in [0.2, 0.25) is 0 Å². The predicted molar refractivity (Wildman–Crippen MR) is 47.3 cm³/mol. The summed E-state index contributed by atoms with van der Waals surface area (Å²) in [6.07, 6.45) is 2.08. The molecule has 0 heterocycles. The van der Waals surface area contributed by atoms with Gasteiger partial charge < -0.3 is 4.74 Å². The van der Waals surface area contributed by atoms with E-state index in [0.717, 1.165) is 19.4 Å². The summed E-state index contributed by atoms with van der Waals surface area (Å²) >= 11 is 0. The second-order valence-corrected chi connectivity index (χ2v) is 1.85. The van der Waals surface area contributed by atoms with Gasteiger partial charge in [-0.05, 0) is 12.8 Å². The van der Waals surface area contributed by atoms with Crippen LogP contribution >= 0.6 is 0 Å². The SMILES string of the molecule is C=C(CC)CCOC.CC. The van der Waals surface area contributed by atoms with Crippen LogP contribution in [0, 0.1) is 0 Å². The van der Waals surface area contributed by atoms with Gasteiger partial charge in [-0.3, -0.25) is 0 Å². The first-order valence-corrected chi connectivity index (χ1v) is 3.96. The zero-order valence-electron chi connectivity index (χ0n) is 7.74. The Morgan fingerprint density at radius 1 is 1.40 bits per heavy atom. The summed E-state index contributed by atoms with van der Waals surface area (Å²) in [4.78, 5) is 0. The molecule has 0 aromatic carbocycles. The Morgan fingerprint density at radius 3 is 2.20 bits per heavy atom. The predicted octanol–water partition coefficient (Wildman–Crippen LogP) is 3.02. The molecular weight excluding hydrogens is 124 g/mol. The molecule has 62 valence electrons. The highest BCUT2D eigenvalue weighted by Gasteiger charge is 1.86. The van der Waals surface area contributed by atoms with E-state index in [2.05, 4.69) is 13.5 Å². The third-order valence-electron chi connectivity index (χ3n) is 1.16. The minimum absolute atomic E-state index is 0.812. The zero-order valence-corrected chi connectivity index (χ0v) is 7.74. The molecule has 0 rings (SSSR count). The van der Waals surface area contributed by atoms with Crippen molar-refractivity contribution in [1.29, 1.82) is 0 Å². The Labute approximate surface area is 65.1 Å². The van der Waals surface area contributed by atoms with E-state index in [1.54, 1.807) is 7.11 Å². The van der Waals surface area contributed by atoms with Crippen molar-refractivity contribution in [2.45, 2.75) is 33.6 Å². The molecule has 10 heavy (non-hydrogen) atoms. The molecule has 0 aliphatic rings. The van der Waals surface area contributed by atoms with E-state index >= 15 is 0 Å². The average molecular weight is 144 g/mol. The van der Waals surface area contributed by atoms with Crippen LogP contribution in [-0.2, 0) is 4.74 Å². The van der Waals surface area contributed by atoms with Gasteiger partial charge in [0.1, 0.15) is 0 Å². The quantitative estimate of drug-likeness (QED) is 0.551. The van der Waals surface area contributed by atoms with Crippen LogP contribution in [0.1, 0.15) is 33.6 Å². The molecule has 1 nitrogen and oxygen atoms in total. The normalized spacial score (nSPS) is 8.00. The van der Waals surface area contributed by atoms with Crippen molar-refractivity contribution in [2.75, 3.05) is 13.7 Å². The lowest BCUT2D eigenvalue weighted by molar-refractivity contribution is 0.201. The van der Waals surface area contributed by atoms with E-state index in [-0.39, 0.29) is 0 Å². The highest BCUT2D eigenvalue weighted by Crippen LogP contribution is 2.00. The van der Waals surface area contributed by atoms with E-state index < -0.39 is 0 Å². The monoisotopic (exact) mass is 144 g/mol. The van der Waals surface area contributed by atoms with E-state index in [0.29, 0.717) is 0 Å². The van der Waals surface area contributed by atoms with Crippen LogP contribution in [0.5, 0.6) is 0 Å². The molecule has 1 heteroatoms. The van der Waals surface area contributed by atoms with Crippen molar-refractivity contribution < 1.29 is 4.74 Å². The molecule has 0 saturated heterocycles. The number of hydrogen-bond donors (Lipinski definition) is 0. The number of hydrogen-bond acceptors (Lipinski definition) is 1. The third-order valence-corrected chi connectivity index (χ3v) is 1.16. The lowest BCUT2D eigenvalue weighted by Crippen LogP contribution is -1.88. The fraction of sp³-hybridized carbons (Fsp3) is 0.778. The smallest absolute Gasteiger partial charge is 0.0499 e. The van der Waals surface area contributed by atoms with Crippen molar-refractivity contribution in [3.8, 4) is 0 Å².